The van der Waals surface area contributed by atoms with E-state index in [0.29, 0.717) is 46.2 Å². The predicted octanol–water partition coefficient (Wildman–Crippen LogP) is 4.89. The number of anilines is 1. The van der Waals surface area contributed by atoms with Gasteiger partial charge in [0.15, 0.2) is 5.65 Å². The molecule has 41 heavy (non-hydrogen) atoms. The molecular formula is C28H28BrN7O4S. The molecule has 13 heteroatoms. The summed E-state index contributed by atoms with van der Waals surface area (Å²) in [5.41, 5.74) is 4.04. The molecule has 3 heterocycles. The fourth-order valence-electron chi connectivity index (χ4n) is 5.24. The summed E-state index contributed by atoms with van der Waals surface area (Å²) in [6.45, 7) is 2.37. The van der Waals surface area contributed by atoms with E-state index in [-0.39, 0.29) is 10.9 Å². The van der Waals surface area contributed by atoms with Crippen molar-refractivity contribution in [1.29, 1.82) is 0 Å². The van der Waals surface area contributed by atoms with Gasteiger partial charge in [0.05, 0.1) is 42.4 Å². The van der Waals surface area contributed by atoms with Gasteiger partial charge >= 0.3 is 0 Å². The van der Waals surface area contributed by atoms with Crippen LogP contribution in [0.1, 0.15) is 41.3 Å². The summed E-state index contributed by atoms with van der Waals surface area (Å²) >= 11 is 3.61. The molecule has 0 bridgehead atoms. The highest BCUT2D eigenvalue weighted by Crippen LogP contribution is 2.38. The molecule has 1 aliphatic carbocycles. The number of ether oxygens (including phenoxy) is 2. The summed E-state index contributed by atoms with van der Waals surface area (Å²) in [7, 11) is -0.601. The van der Waals surface area contributed by atoms with Crippen molar-refractivity contribution in [1.82, 2.24) is 28.9 Å². The minimum Gasteiger partial charge on any atom is -0.497 e. The van der Waals surface area contributed by atoms with Crippen LogP contribution in [0.4, 0.5) is 5.82 Å². The van der Waals surface area contributed by atoms with Gasteiger partial charge in [-0.25, -0.2) is 14.6 Å². The van der Waals surface area contributed by atoms with E-state index in [9.17, 15) is 8.42 Å². The second kappa shape index (κ2) is 10.8. The van der Waals surface area contributed by atoms with Crippen LogP contribution in [0.25, 0.3) is 11.0 Å². The summed E-state index contributed by atoms with van der Waals surface area (Å²) in [5.74, 6) is 2.02. The van der Waals surface area contributed by atoms with Crippen molar-refractivity contribution >= 4 is 42.8 Å². The number of halogens is 1. The Bertz CT molecular complexity index is 1850. The largest absolute Gasteiger partial charge is 0.497 e. The minimum atomic E-state index is -3.83. The molecule has 1 atom stereocenters. The zero-order valence-corrected chi connectivity index (χ0v) is 25.1. The lowest BCUT2D eigenvalue weighted by Crippen LogP contribution is -2.23. The summed E-state index contributed by atoms with van der Waals surface area (Å²) in [6.07, 6.45) is 5.28. The quantitative estimate of drug-likeness (QED) is 0.253. The van der Waals surface area contributed by atoms with Crippen molar-refractivity contribution in [2.45, 2.75) is 43.7 Å². The molecule has 0 unspecified atom stereocenters. The van der Waals surface area contributed by atoms with Crippen molar-refractivity contribution < 1.29 is 17.9 Å². The number of nitrogens with one attached hydrogen (secondary N) is 1. The van der Waals surface area contributed by atoms with E-state index in [0.717, 1.165) is 34.9 Å². The zero-order valence-electron chi connectivity index (χ0n) is 22.7. The van der Waals surface area contributed by atoms with Crippen molar-refractivity contribution in [2.75, 3.05) is 19.5 Å². The van der Waals surface area contributed by atoms with Crippen LogP contribution in [0.2, 0.25) is 0 Å². The first kappa shape index (κ1) is 27.2. The van der Waals surface area contributed by atoms with Crippen molar-refractivity contribution in [3.63, 3.8) is 0 Å². The third kappa shape index (κ3) is 4.82. The Hall–Kier alpha value is -3.97. The van der Waals surface area contributed by atoms with Gasteiger partial charge < -0.3 is 14.8 Å². The van der Waals surface area contributed by atoms with Crippen LogP contribution in [0.15, 0.2) is 64.5 Å². The third-order valence-electron chi connectivity index (χ3n) is 7.34. The smallest absolute Gasteiger partial charge is 0.283 e. The molecule has 2 aromatic carbocycles. The SMILES string of the molecule is COc1ccc(CNc2ncnc3c2c(Br)nn3[C@@H]2CCCc3c2cnn3S(=O)(=O)c2ccc(C)cc2)c(OC)c1. The van der Waals surface area contributed by atoms with Gasteiger partial charge in [-0.2, -0.15) is 22.7 Å². The lowest BCUT2D eigenvalue weighted by atomic mass is 9.93. The molecule has 0 fully saturated rings. The number of fused-ring (bicyclic) bond motifs is 2. The van der Waals surface area contributed by atoms with E-state index >= 15 is 0 Å². The standard InChI is InChI=1S/C28H28BrN7O4S/c1-17-7-11-20(12-8-17)41(37,38)36-23-6-4-5-22(21(23)15-33-36)35-28-25(26(29)34-35)27(31-16-32-28)30-14-18-9-10-19(39-2)13-24(18)40-3/h7-13,15-16,22H,4-6,14H2,1-3H3,(H,30,31,32)/t22-/m1/s1. The normalized spacial score (nSPS) is 15.1. The molecular weight excluding hydrogens is 610 g/mol. The maximum Gasteiger partial charge on any atom is 0.283 e. The number of benzene rings is 2. The Morgan fingerprint density at radius 1 is 1.10 bits per heavy atom. The molecule has 212 valence electrons. The molecule has 0 saturated heterocycles. The molecule has 0 radical (unpaired) electrons. The predicted molar refractivity (Wildman–Crippen MR) is 157 cm³/mol. The van der Waals surface area contributed by atoms with Gasteiger partial charge in [-0.15, -0.1) is 0 Å². The van der Waals surface area contributed by atoms with Gasteiger partial charge in [-0.05, 0) is 66.4 Å². The first-order valence-corrected chi connectivity index (χ1v) is 15.3. The Morgan fingerprint density at radius 2 is 1.90 bits per heavy atom. The molecule has 5 aromatic rings. The lowest BCUT2D eigenvalue weighted by Gasteiger charge is -2.23. The van der Waals surface area contributed by atoms with Gasteiger partial charge in [0.25, 0.3) is 10.0 Å². The summed E-state index contributed by atoms with van der Waals surface area (Å²) in [6, 6.07) is 12.2. The number of methoxy groups -OCH3 is 2. The van der Waals surface area contributed by atoms with E-state index in [2.05, 4.69) is 36.3 Å². The lowest BCUT2D eigenvalue weighted by molar-refractivity contribution is 0.391. The van der Waals surface area contributed by atoms with Gasteiger partial charge in [0.2, 0.25) is 0 Å². The maximum atomic E-state index is 13.5. The minimum absolute atomic E-state index is 0.209. The number of nitrogens with zero attached hydrogens (tertiary/aromatic N) is 6. The third-order valence-corrected chi connectivity index (χ3v) is 9.54. The van der Waals surface area contributed by atoms with E-state index in [1.165, 1.54) is 10.4 Å². The van der Waals surface area contributed by atoms with Gasteiger partial charge in [0.1, 0.15) is 28.2 Å². The Labute approximate surface area is 245 Å². The number of hydrogen-bond acceptors (Lipinski definition) is 9. The monoisotopic (exact) mass is 637 g/mol. The Kier molecular flexibility index (Phi) is 7.16. The van der Waals surface area contributed by atoms with Gasteiger partial charge in [-0.1, -0.05) is 17.7 Å². The molecule has 1 N–H and O–H groups in total. The second-order valence-corrected chi connectivity index (χ2v) is 12.3. The van der Waals surface area contributed by atoms with Crippen LogP contribution in [0, 0.1) is 6.92 Å². The van der Waals surface area contributed by atoms with E-state index in [1.807, 2.05) is 29.8 Å². The van der Waals surface area contributed by atoms with Crippen LogP contribution >= 0.6 is 15.9 Å². The van der Waals surface area contributed by atoms with Crippen molar-refractivity contribution in [2.24, 2.45) is 0 Å². The van der Waals surface area contributed by atoms with Crippen molar-refractivity contribution in [3.05, 3.63) is 82.0 Å². The fraction of sp³-hybridized carbons (Fsp3) is 0.286. The second-order valence-electron chi connectivity index (χ2n) is 9.80. The molecule has 0 amide bonds. The van der Waals surface area contributed by atoms with Crippen LogP contribution < -0.4 is 14.8 Å². The molecule has 3 aromatic heterocycles. The highest BCUT2D eigenvalue weighted by Gasteiger charge is 2.32. The van der Waals surface area contributed by atoms with Crippen LogP contribution in [0.5, 0.6) is 11.5 Å². The summed E-state index contributed by atoms with van der Waals surface area (Å²) < 4.78 is 41.4. The zero-order chi connectivity index (χ0) is 28.7. The van der Waals surface area contributed by atoms with Crippen LogP contribution in [0.3, 0.4) is 0 Å². The van der Waals surface area contributed by atoms with Crippen LogP contribution in [-0.2, 0) is 23.0 Å². The molecule has 0 saturated carbocycles. The molecule has 0 aliphatic heterocycles. The number of rotatable bonds is 8. The maximum absolute atomic E-state index is 13.5. The van der Waals surface area contributed by atoms with Crippen LogP contribution in [-0.4, -0.2) is 51.6 Å². The van der Waals surface area contributed by atoms with Crippen molar-refractivity contribution in [3.8, 4) is 11.5 Å². The molecule has 11 nitrogen and oxygen atoms in total. The van der Waals surface area contributed by atoms with E-state index < -0.39 is 10.0 Å². The highest BCUT2D eigenvalue weighted by molar-refractivity contribution is 9.10. The number of aromatic nitrogens is 6. The van der Waals surface area contributed by atoms with Gasteiger partial charge in [0, 0.05) is 23.7 Å². The first-order valence-electron chi connectivity index (χ1n) is 13.0. The molecule has 1 aliphatic rings. The number of aryl methyl sites for hydroxylation is 1. The Balaban J connectivity index is 1.34. The van der Waals surface area contributed by atoms with E-state index in [4.69, 9.17) is 14.6 Å². The summed E-state index contributed by atoms with van der Waals surface area (Å²) in [4.78, 5) is 9.26. The Morgan fingerprint density at radius 3 is 2.66 bits per heavy atom. The topological polar surface area (TPSA) is 126 Å². The number of hydrogen-bond donors (Lipinski definition) is 1. The average molecular weight is 639 g/mol. The summed E-state index contributed by atoms with van der Waals surface area (Å²) in [5, 5.41) is 13.3. The molecule has 6 rings (SSSR count). The fourth-order valence-corrected chi connectivity index (χ4v) is 7.11. The molecule has 0 spiro atoms. The van der Waals surface area contributed by atoms with E-state index in [1.54, 1.807) is 44.7 Å². The first-order chi connectivity index (χ1) is 19.8. The average Bonchev–Trinajstić information content (AvgIpc) is 3.58. The van der Waals surface area contributed by atoms with Gasteiger partial charge in [-0.3, -0.25) is 0 Å². The highest BCUT2D eigenvalue weighted by atomic mass is 79.9.